The van der Waals surface area contributed by atoms with E-state index in [1.54, 1.807) is 18.5 Å². The number of H-pyrrole nitrogens is 1. The summed E-state index contributed by atoms with van der Waals surface area (Å²) in [7, 11) is 0. The number of para-hydroxylation sites is 1. The van der Waals surface area contributed by atoms with Crippen molar-refractivity contribution in [2.24, 2.45) is 0 Å². The fourth-order valence-corrected chi connectivity index (χ4v) is 2.22. The number of rotatable bonds is 1. The van der Waals surface area contributed by atoms with Gasteiger partial charge < -0.3 is 4.98 Å². The molecule has 0 spiro atoms. The van der Waals surface area contributed by atoms with E-state index in [2.05, 4.69) is 16.0 Å². The molecule has 0 bridgehead atoms. The van der Waals surface area contributed by atoms with Crippen LogP contribution >= 0.6 is 11.6 Å². The van der Waals surface area contributed by atoms with Gasteiger partial charge in [-0.3, -0.25) is 4.98 Å². The van der Waals surface area contributed by atoms with Crippen molar-refractivity contribution in [1.82, 2.24) is 9.97 Å². The first kappa shape index (κ1) is 10.8. The molecule has 2 aromatic heterocycles. The lowest BCUT2D eigenvalue weighted by Crippen LogP contribution is -1.84. The Balaban J connectivity index is 2.37. The molecule has 4 heteroatoms. The Morgan fingerprint density at radius 2 is 2.06 bits per heavy atom. The number of halogens is 1. The number of benzene rings is 1. The monoisotopic (exact) mass is 253 g/mol. The molecule has 1 aromatic carbocycles. The van der Waals surface area contributed by atoms with Crippen molar-refractivity contribution in [2.45, 2.75) is 0 Å². The summed E-state index contributed by atoms with van der Waals surface area (Å²) in [6.07, 6.45) is 3.29. The average molecular weight is 254 g/mol. The first-order valence-corrected chi connectivity index (χ1v) is 5.79. The van der Waals surface area contributed by atoms with Gasteiger partial charge in [-0.2, -0.15) is 5.26 Å². The van der Waals surface area contributed by atoms with E-state index in [-0.39, 0.29) is 0 Å². The first-order valence-electron chi connectivity index (χ1n) is 5.42. The molecule has 18 heavy (non-hydrogen) atoms. The van der Waals surface area contributed by atoms with Crippen molar-refractivity contribution in [1.29, 1.82) is 5.26 Å². The smallest absolute Gasteiger partial charge is 0.102 e. The zero-order chi connectivity index (χ0) is 12.5. The number of nitrogens with one attached hydrogen (secondary N) is 1. The highest BCUT2D eigenvalue weighted by Gasteiger charge is 2.14. The molecule has 0 radical (unpaired) electrons. The van der Waals surface area contributed by atoms with E-state index < -0.39 is 0 Å². The summed E-state index contributed by atoms with van der Waals surface area (Å²) in [5.41, 5.74) is 2.98. The third-order valence-electron chi connectivity index (χ3n) is 2.86. The number of nitrogens with zero attached hydrogens (tertiary/aromatic N) is 2. The van der Waals surface area contributed by atoms with Crippen LogP contribution < -0.4 is 0 Å². The lowest BCUT2D eigenvalue weighted by atomic mass is 10.1. The van der Waals surface area contributed by atoms with Gasteiger partial charge >= 0.3 is 0 Å². The van der Waals surface area contributed by atoms with Gasteiger partial charge in [-0.05, 0) is 12.1 Å². The molecule has 2 heterocycles. The summed E-state index contributed by atoms with van der Waals surface area (Å²) in [4.78, 5) is 7.28. The summed E-state index contributed by atoms with van der Waals surface area (Å²) in [5, 5.41) is 10.8. The molecule has 0 amide bonds. The molecular weight excluding hydrogens is 246 g/mol. The van der Waals surface area contributed by atoms with Gasteiger partial charge in [0.25, 0.3) is 0 Å². The second-order valence-corrected chi connectivity index (χ2v) is 4.30. The molecule has 86 valence electrons. The third kappa shape index (κ3) is 1.55. The van der Waals surface area contributed by atoms with Crippen molar-refractivity contribution < 1.29 is 0 Å². The molecule has 0 atom stereocenters. The number of aromatic amines is 1. The second kappa shape index (κ2) is 4.17. The summed E-state index contributed by atoms with van der Waals surface area (Å²) in [5.74, 6) is 0. The van der Waals surface area contributed by atoms with E-state index in [4.69, 9.17) is 11.6 Å². The average Bonchev–Trinajstić information content (AvgIpc) is 2.77. The van der Waals surface area contributed by atoms with Crippen LogP contribution in [-0.4, -0.2) is 9.97 Å². The van der Waals surface area contributed by atoms with Gasteiger partial charge in [0.1, 0.15) is 6.07 Å². The highest BCUT2D eigenvalue weighted by molar-refractivity contribution is 6.33. The van der Waals surface area contributed by atoms with Gasteiger partial charge in [0.2, 0.25) is 0 Å². The largest absolute Gasteiger partial charge is 0.353 e. The molecule has 0 unspecified atom stereocenters. The molecule has 0 fully saturated rings. The molecule has 3 aromatic rings. The minimum absolute atomic E-state index is 0.577. The Labute approximate surface area is 109 Å². The highest BCUT2D eigenvalue weighted by Crippen LogP contribution is 2.33. The van der Waals surface area contributed by atoms with E-state index in [1.165, 1.54) is 0 Å². The third-order valence-corrected chi connectivity index (χ3v) is 3.18. The van der Waals surface area contributed by atoms with E-state index in [0.29, 0.717) is 10.6 Å². The number of pyridine rings is 1. The van der Waals surface area contributed by atoms with Crippen LogP contribution in [0.2, 0.25) is 5.02 Å². The fraction of sp³-hybridized carbons (Fsp3) is 0. The van der Waals surface area contributed by atoms with Crippen molar-refractivity contribution in [2.75, 3.05) is 0 Å². The van der Waals surface area contributed by atoms with Gasteiger partial charge in [-0.15, -0.1) is 0 Å². The molecule has 0 saturated heterocycles. The van der Waals surface area contributed by atoms with Gasteiger partial charge in [0.15, 0.2) is 0 Å². The van der Waals surface area contributed by atoms with Gasteiger partial charge in [0.05, 0.1) is 16.3 Å². The number of aromatic nitrogens is 2. The van der Waals surface area contributed by atoms with Crippen LogP contribution in [0, 0.1) is 11.3 Å². The molecule has 0 saturated carbocycles. The topological polar surface area (TPSA) is 52.5 Å². The molecular formula is C14H8ClN3. The van der Waals surface area contributed by atoms with Crippen LogP contribution in [0.4, 0.5) is 0 Å². The Morgan fingerprint density at radius 1 is 1.22 bits per heavy atom. The molecule has 0 aliphatic rings. The van der Waals surface area contributed by atoms with Gasteiger partial charge in [-0.1, -0.05) is 29.8 Å². The number of hydrogen-bond donors (Lipinski definition) is 1. The van der Waals surface area contributed by atoms with Crippen molar-refractivity contribution in [3.8, 4) is 17.3 Å². The second-order valence-electron chi connectivity index (χ2n) is 3.89. The Morgan fingerprint density at radius 3 is 2.83 bits per heavy atom. The van der Waals surface area contributed by atoms with Crippen LogP contribution in [0.1, 0.15) is 5.56 Å². The van der Waals surface area contributed by atoms with Gasteiger partial charge in [-0.25, -0.2) is 0 Å². The summed E-state index contributed by atoms with van der Waals surface area (Å²) in [6.45, 7) is 0. The van der Waals surface area contributed by atoms with Crippen LogP contribution in [0.3, 0.4) is 0 Å². The lowest BCUT2D eigenvalue weighted by molar-refractivity contribution is 1.31. The van der Waals surface area contributed by atoms with E-state index in [1.807, 2.05) is 24.3 Å². The SMILES string of the molecule is N#Cc1c(-c2cnccc2Cl)[nH]c2ccccc12. The highest BCUT2D eigenvalue weighted by atomic mass is 35.5. The molecule has 0 aliphatic heterocycles. The minimum Gasteiger partial charge on any atom is -0.353 e. The summed E-state index contributed by atoms with van der Waals surface area (Å²) < 4.78 is 0. The predicted octanol–water partition coefficient (Wildman–Crippen LogP) is 3.75. The van der Waals surface area contributed by atoms with E-state index >= 15 is 0 Å². The summed E-state index contributed by atoms with van der Waals surface area (Å²) in [6, 6.07) is 11.6. The molecule has 1 N–H and O–H groups in total. The van der Waals surface area contributed by atoms with Crippen molar-refractivity contribution in [3.05, 3.63) is 53.3 Å². The first-order chi connectivity index (χ1) is 8.81. The molecule has 3 nitrogen and oxygen atoms in total. The maximum absolute atomic E-state index is 9.32. The molecule has 3 rings (SSSR count). The normalized spacial score (nSPS) is 10.4. The maximum Gasteiger partial charge on any atom is 0.102 e. The zero-order valence-corrected chi connectivity index (χ0v) is 10.1. The van der Waals surface area contributed by atoms with E-state index in [0.717, 1.165) is 22.2 Å². The standard InChI is InChI=1S/C14H8ClN3/c15-12-5-6-17-8-11(12)14-10(7-16)9-3-1-2-4-13(9)18-14/h1-6,8,18H. The van der Waals surface area contributed by atoms with Crippen LogP contribution in [-0.2, 0) is 0 Å². The van der Waals surface area contributed by atoms with Crippen LogP contribution in [0.25, 0.3) is 22.2 Å². The van der Waals surface area contributed by atoms with Gasteiger partial charge in [0, 0.05) is 28.9 Å². The van der Waals surface area contributed by atoms with Crippen molar-refractivity contribution >= 4 is 22.5 Å². The quantitative estimate of drug-likeness (QED) is 0.718. The van der Waals surface area contributed by atoms with Crippen LogP contribution in [0.5, 0.6) is 0 Å². The fourth-order valence-electron chi connectivity index (χ4n) is 2.02. The zero-order valence-electron chi connectivity index (χ0n) is 9.31. The predicted molar refractivity (Wildman–Crippen MR) is 71.3 cm³/mol. The number of fused-ring (bicyclic) bond motifs is 1. The summed E-state index contributed by atoms with van der Waals surface area (Å²) >= 11 is 6.15. The van der Waals surface area contributed by atoms with Crippen LogP contribution in [0.15, 0.2) is 42.7 Å². The van der Waals surface area contributed by atoms with E-state index in [9.17, 15) is 5.26 Å². The molecule has 0 aliphatic carbocycles. The Hall–Kier alpha value is -2.31. The maximum atomic E-state index is 9.32. The number of nitriles is 1. The number of hydrogen-bond acceptors (Lipinski definition) is 2. The lowest BCUT2D eigenvalue weighted by Gasteiger charge is -2.00. The van der Waals surface area contributed by atoms with Crippen molar-refractivity contribution in [3.63, 3.8) is 0 Å². The Kier molecular flexibility index (Phi) is 2.51. The Bertz CT molecular complexity index is 768. The minimum atomic E-state index is 0.577.